The van der Waals surface area contributed by atoms with E-state index in [9.17, 15) is 9.59 Å². The molecule has 114 valence electrons. The first kappa shape index (κ1) is 15.5. The van der Waals surface area contributed by atoms with Gasteiger partial charge in [-0.15, -0.1) is 0 Å². The van der Waals surface area contributed by atoms with Crippen LogP contribution < -0.4 is 5.73 Å². The van der Waals surface area contributed by atoms with E-state index < -0.39 is 5.97 Å². The summed E-state index contributed by atoms with van der Waals surface area (Å²) in [6, 6.07) is 7.69. The van der Waals surface area contributed by atoms with Crippen molar-refractivity contribution >= 4 is 11.9 Å². The van der Waals surface area contributed by atoms with E-state index in [2.05, 4.69) is 0 Å². The fourth-order valence-electron chi connectivity index (χ4n) is 2.91. The highest BCUT2D eigenvalue weighted by Gasteiger charge is 2.25. The Labute approximate surface area is 124 Å². The van der Waals surface area contributed by atoms with Crippen LogP contribution in [0.25, 0.3) is 0 Å². The van der Waals surface area contributed by atoms with E-state index in [0.717, 1.165) is 30.5 Å². The third-order valence-corrected chi connectivity index (χ3v) is 4.01. The van der Waals surface area contributed by atoms with Crippen molar-refractivity contribution in [2.24, 2.45) is 11.7 Å². The van der Waals surface area contributed by atoms with Crippen LogP contribution >= 0.6 is 0 Å². The number of carboxylic acids is 1. The third-order valence-electron chi connectivity index (χ3n) is 4.01. The van der Waals surface area contributed by atoms with Gasteiger partial charge in [-0.2, -0.15) is 0 Å². The van der Waals surface area contributed by atoms with Crippen molar-refractivity contribution in [1.29, 1.82) is 0 Å². The Kier molecular flexibility index (Phi) is 5.33. The second kappa shape index (κ2) is 7.22. The van der Waals surface area contributed by atoms with E-state index in [1.807, 2.05) is 24.3 Å². The number of nitrogens with zero attached hydrogens (tertiary/aromatic N) is 1. The predicted molar refractivity (Wildman–Crippen MR) is 79.6 cm³/mol. The van der Waals surface area contributed by atoms with Gasteiger partial charge in [0.2, 0.25) is 5.91 Å². The number of rotatable bonds is 5. The van der Waals surface area contributed by atoms with E-state index in [1.165, 1.54) is 0 Å². The van der Waals surface area contributed by atoms with E-state index in [4.69, 9.17) is 10.8 Å². The molecule has 5 nitrogen and oxygen atoms in total. The fourth-order valence-corrected chi connectivity index (χ4v) is 2.91. The van der Waals surface area contributed by atoms with Crippen molar-refractivity contribution in [1.82, 2.24) is 4.90 Å². The predicted octanol–water partition coefficient (Wildman–Crippen LogP) is 1.40. The largest absolute Gasteiger partial charge is 0.481 e. The van der Waals surface area contributed by atoms with Gasteiger partial charge in [0.15, 0.2) is 0 Å². The van der Waals surface area contributed by atoms with Crippen LogP contribution in [0.4, 0.5) is 0 Å². The van der Waals surface area contributed by atoms with Crippen LogP contribution in [-0.2, 0) is 22.6 Å². The molecule has 0 saturated carbocycles. The molecule has 5 heteroatoms. The highest BCUT2D eigenvalue weighted by molar-refractivity contribution is 5.79. The molecule has 1 fully saturated rings. The fraction of sp³-hybridized carbons (Fsp3) is 0.500. The second-order valence-corrected chi connectivity index (χ2v) is 5.60. The number of amides is 1. The van der Waals surface area contributed by atoms with Gasteiger partial charge in [0, 0.05) is 26.1 Å². The summed E-state index contributed by atoms with van der Waals surface area (Å²) in [6.07, 6.45) is 2.24. The first-order valence-corrected chi connectivity index (χ1v) is 7.36. The summed E-state index contributed by atoms with van der Waals surface area (Å²) in [4.78, 5) is 25.0. The zero-order valence-electron chi connectivity index (χ0n) is 12.1. The van der Waals surface area contributed by atoms with E-state index in [0.29, 0.717) is 19.5 Å². The smallest absolute Gasteiger partial charge is 0.303 e. The molecule has 21 heavy (non-hydrogen) atoms. The van der Waals surface area contributed by atoms with Crippen LogP contribution in [0.2, 0.25) is 0 Å². The van der Waals surface area contributed by atoms with E-state index >= 15 is 0 Å². The Morgan fingerprint density at radius 2 is 2.00 bits per heavy atom. The summed E-state index contributed by atoms with van der Waals surface area (Å²) in [5.41, 5.74) is 7.65. The summed E-state index contributed by atoms with van der Waals surface area (Å²) in [5, 5.41) is 8.88. The van der Waals surface area contributed by atoms with Crippen LogP contribution in [0.15, 0.2) is 24.3 Å². The van der Waals surface area contributed by atoms with Gasteiger partial charge < -0.3 is 15.7 Å². The molecule has 0 aliphatic carbocycles. The minimum atomic E-state index is -0.789. The number of aliphatic carboxylic acids is 1. The Bertz CT molecular complexity index is 516. The van der Waals surface area contributed by atoms with Gasteiger partial charge in [0.1, 0.15) is 0 Å². The molecule has 0 radical (unpaired) electrons. The standard InChI is InChI=1S/C16H22N2O3/c17-10-14-6-2-1-5-13(14)9-15(19)18-7-3-4-12(11-18)8-16(20)21/h1-2,5-6,12H,3-4,7-11,17H2,(H,20,21). The number of piperidine rings is 1. The zero-order valence-corrected chi connectivity index (χ0v) is 12.1. The molecule has 0 spiro atoms. The quantitative estimate of drug-likeness (QED) is 0.858. The molecule has 2 rings (SSSR count). The molecule has 0 bridgehead atoms. The van der Waals surface area contributed by atoms with Gasteiger partial charge in [-0.1, -0.05) is 24.3 Å². The summed E-state index contributed by atoms with van der Waals surface area (Å²) in [7, 11) is 0. The molecule has 1 aliphatic heterocycles. The number of benzene rings is 1. The summed E-state index contributed by atoms with van der Waals surface area (Å²) in [6.45, 7) is 1.70. The van der Waals surface area contributed by atoms with Crippen LogP contribution in [0, 0.1) is 5.92 Å². The maximum Gasteiger partial charge on any atom is 0.303 e. The Balaban J connectivity index is 1.98. The van der Waals surface area contributed by atoms with Crippen molar-refractivity contribution in [2.75, 3.05) is 13.1 Å². The van der Waals surface area contributed by atoms with Crippen LogP contribution in [-0.4, -0.2) is 35.0 Å². The molecule has 1 saturated heterocycles. The van der Waals surface area contributed by atoms with Gasteiger partial charge in [-0.25, -0.2) is 0 Å². The van der Waals surface area contributed by atoms with Crippen molar-refractivity contribution in [2.45, 2.75) is 32.2 Å². The number of nitrogens with two attached hydrogens (primary N) is 1. The average Bonchev–Trinajstić information content (AvgIpc) is 2.47. The van der Waals surface area contributed by atoms with Gasteiger partial charge in [-0.3, -0.25) is 9.59 Å². The topological polar surface area (TPSA) is 83.6 Å². The average molecular weight is 290 g/mol. The summed E-state index contributed by atoms with van der Waals surface area (Å²) in [5.74, 6) is -0.654. The zero-order chi connectivity index (χ0) is 15.2. The van der Waals surface area contributed by atoms with E-state index in [-0.39, 0.29) is 18.2 Å². The van der Waals surface area contributed by atoms with Crippen molar-refractivity contribution in [3.8, 4) is 0 Å². The molecular formula is C16H22N2O3. The lowest BCUT2D eigenvalue weighted by Crippen LogP contribution is -2.41. The molecular weight excluding hydrogens is 268 g/mol. The lowest BCUT2D eigenvalue weighted by molar-refractivity contribution is -0.140. The summed E-state index contributed by atoms with van der Waals surface area (Å²) < 4.78 is 0. The van der Waals surface area contributed by atoms with Crippen molar-refractivity contribution in [3.05, 3.63) is 35.4 Å². The lowest BCUT2D eigenvalue weighted by atomic mass is 9.94. The minimum absolute atomic E-state index is 0.0611. The van der Waals surface area contributed by atoms with Gasteiger partial charge in [0.25, 0.3) is 0 Å². The second-order valence-electron chi connectivity index (χ2n) is 5.60. The van der Waals surface area contributed by atoms with Gasteiger partial charge >= 0.3 is 5.97 Å². The molecule has 1 amide bonds. The number of hydrogen-bond donors (Lipinski definition) is 2. The molecule has 1 aromatic carbocycles. The highest BCUT2D eigenvalue weighted by atomic mass is 16.4. The monoisotopic (exact) mass is 290 g/mol. The molecule has 0 aromatic heterocycles. The number of carboxylic acid groups (broad SMARTS) is 1. The Hall–Kier alpha value is -1.88. The minimum Gasteiger partial charge on any atom is -0.481 e. The molecule has 1 unspecified atom stereocenters. The first-order valence-electron chi connectivity index (χ1n) is 7.36. The van der Waals surface area contributed by atoms with Crippen molar-refractivity contribution < 1.29 is 14.7 Å². The normalized spacial score (nSPS) is 18.5. The highest BCUT2D eigenvalue weighted by Crippen LogP contribution is 2.21. The molecule has 1 atom stereocenters. The van der Waals surface area contributed by atoms with Crippen molar-refractivity contribution in [3.63, 3.8) is 0 Å². The lowest BCUT2D eigenvalue weighted by Gasteiger charge is -2.32. The van der Waals surface area contributed by atoms with Gasteiger partial charge in [0.05, 0.1) is 6.42 Å². The third kappa shape index (κ3) is 4.29. The number of carbonyl (C=O) groups excluding carboxylic acids is 1. The number of hydrogen-bond acceptors (Lipinski definition) is 3. The summed E-state index contributed by atoms with van der Waals surface area (Å²) >= 11 is 0. The molecule has 1 aromatic rings. The maximum atomic E-state index is 12.4. The van der Waals surface area contributed by atoms with E-state index in [1.54, 1.807) is 4.90 Å². The SMILES string of the molecule is NCc1ccccc1CC(=O)N1CCCC(CC(=O)O)C1. The molecule has 1 aliphatic rings. The number of carbonyl (C=O) groups is 2. The molecule has 1 heterocycles. The maximum absolute atomic E-state index is 12.4. The molecule has 3 N–H and O–H groups in total. The first-order chi connectivity index (χ1) is 10.1. The van der Waals surface area contributed by atoms with Gasteiger partial charge in [-0.05, 0) is 29.9 Å². The van der Waals surface area contributed by atoms with Crippen LogP contribution in [0.5, 0.6) is 0 Å². The number of likely N-dealkylation sites (tertiary alicyclic amines) is 1. The van der Waals surface area contributed by atoms with Crippen LogP contribution in [0.1, 0.15) is 30.4 Å². The Morgan fingerprint density at radius 1 is 1.29 bits per heavy atom. The van der Waals surface area contributed by atoms with Crippen LogP contribution in [0.3, 0.4) is 0 Å². The Morgan fingerprint density at radius 3 is 2.67 bits per heavy atom.